The topological polar surface area (TPSA) is 22.1 Å². The van der Waals surface area contributed by atoms with Crippen molar-refractivity contribution in [1.82, 2.24) is 4.98 Å². The van der Waals surface area contributed by atoms with Crippen LogP contribution < -0.4 is 4.74 Å². The highest BCUT2D eigenvalue weighted by Gasteiger charge is 2.09. The first kappa shape index (κ1) is 13.8. The molecule has 0 radical (unpaired) electrons. The second kappa shape index (κ2) is 5.40. The molecular weight excluding hydrogens is 282 g/mol. The normalized spacial score (nSPS) is 11.0. The Balaban J connectivity index is 1.89. The molecular formula is C21H17NO. The summed E-state index contributed by atoms with van der Waals surface area (Å²) >= 11 is 0. The maximum Gasteiger partial charge on any atom is 0.227 e. The number of hydrogen-bond donors (Lipinski definition) is 0. The van der Waals surface area contributed by atoms with Gasteiger partial charge in [0.1, 0.15) is 5.75 Å². The third-order valence-electron chi connectivity index (χ3n) is 4.17. The molecule has 2 heteroatoms. The maximum absolute atomic E-state index is 6.12. The summed E-state index contributed by atoms with van der Waals surface area (Å²) in [6, 6.07) is 20.8. The van der Waals surface area contributed by atoms with Gasteiger partial charge >= 0.3 is 0 Å². The predicted octanol–water partition coefficient (Wildman–Crippen LogP) is 5.80. The highest BCUT2D eigenvalue weighted by Crippen LogP contribution is 2.33. The van der Waals surface area contributed by atoms with Gasteiger partial charge in [0.25, 0.3) is 0 Å². The summed E-state index contributed by atoms with van der Waals surface area (Å²) in [7, 11) is 0. The zero-order chi connectivity index (χ0) is 15.8. The number of benzene rings is 3. The number of ether oxygens (including phenoxy) is 1. The van der Waals surface area contributed by atoms with Crippen LogP contribution in [-0.2, 0) is 0 Å². The minimum Gasteiger partial charge on any atom is -0.438 e. The van der Waals surface area contributed by atoms with Gasteiger partial charge < -0.3 is 4.74 Å². The highest BCUT2D eigenvalue weighted by molar-refractivity contribution is 6.08. The molecule has 23 heavy (non-hydrogen) atoms. The van der Waals surface area contributed by atoms with Crippen LogP contribution in [0.4, 0.5) is 0 Å². The molecule has 1 heterocycles. The van der Waals surface area contributed by atoms with E-state index in [1.165, 1.54) is 16.3 Å². The third-order valence-corrected chi connectivity index (χ3v) is 4.17. The van der Waals surface area contributed by atoms with Crippen molar-refractivity contribution in [2.75, 3.05) is 0 Å². The van der Waals surface area contributed by atoms with Crippen LogP contribution in [0.2, 0.25) is 0 Å². The molecule has 0 aliphatic rings. The quantitative estimate of drug-likeness (QED) is 0.437. The van der Waals surface area contributed by atoms with Crippen molar-refractivity contribution in [3.05, 3.63) is 78.0 Å². The molecule has 0 spiro atoms. The van der Waals surface area contributed by atoms with Crippen molar-refractivity contribution in [2.45, 2.75) is 13.8 Å². The van der Waals surface area contributed by atoms with Gasteiger partial charge in [0.2, 0.25) is 5.88 Å². The molecule has 1 aromatic heterocycles. The van der Waals surface area contributed by atoms with E-state index in [0.717, 1.165) is 22.1 Å². The molecule has 0 aliphatic carbocycles. The standard InChI is InChI=1S/C21H17NO/c1-14-7-10-20(15(2)13-14)23-21-19-9-8-16-5-3-4-6-17(16)18(19)11-12-22-21/h3-13H,1-2H3. The molecule has 0 saturated carbocycles. The average molecular weight is 299 g/mol. The van der Waals surface area contributed by atoms with Crippen LogP contribution in [0.3, 0.4) is 0 Å². The van der Waals surface area contributed by atoms with Gasteiger partial charge in [-0.05, 0) is 53.8 Å². The minimum atomic E-state index is 0.653. The Kier molecular flexibility index (Phi) is 3.23. The van der Waals surface area contributed by atoms with Gasteiger partial charge in [-0.15, -0.1) is 0 Å². The molecule has 0 atom stereocenters. The Labute approximate surface area is 135 Å². The first-order valence-corrected chi connectivity index (χ1v) is 7.74. The third kappa shape index (κ3) is 2.42. The number of hydrogen-bond acceptors (Lipinski definition) is 2. The second-order valence-electron chi connectivity index (χ2n) is 5.87. The van der Waals surface area contributed by atoms with Gasteiger partial charge in [0.05, 0.1) is 0 Å². The van der Waals surface area contributed by atoms with E-state index in [2.05, 4.69) is 67.4 Å². The summed E-state index contributed by atoms with van der Waals surface area (Å²) in [5.74, 6) is 1.50. The Bertz CT molecular complexity index is 1020. The lowest BCUT2D eigenvalue weighted by Gasteiger charge is -2.11. The van der Waals surface area contributed by atoms with Gasteiger partial charge in [0, 0.05) is 11.6 Å². The zero-order valence-electron chi connectivity index (χ0n) is 13.2. The Hall–Kier alpha value is -2.87. The molecule has 4 aromatic rings. The first-order valence-electron chi connectivity index (χ1n) is 7.74. The molecule has 0 N–H and O–H groups in total. The first-order chi connectivity index (χ1) is 11.2. The van der Waals surface area contributed by atoms with Crippen LogP contribution in [0.15, 0.2) is 66.9 Å². The van der Waals surface area contributed by atoms with Gasteiger partial charge in [-0.2, -0.15) is 0 Å². The number of rotatable bonds is 2. The van der Waals surface area contributed by atoms with Crippen molar-refractivity contribution >= 4 is 21.5 Å². The average Bonchev–Trinajstić information content (AvgIpc) is 2.57. The van der Waals surface area contributed by atoms with Gasteiger partial charge in [0.15, 0.2) is 0 Å². The zero-order valence-corrected chi connectivity index (χ0v) is 13.2. The molecule has 0 unspecified atom stereocenters. The monoisotopic (exact) mass is 299 g/mol. The molecule has 0 amide bonds. The highest BCUT2D eigenvalue weighted by atomic mass is 16.5. The van der Waals surface area contributed by atoms with E-state index in [0.29, 0.717) is 5.88 Å². The number of aromatic nitrogens is 1. The van der Waals surface area contributed by atoms with Crippen LogP contribution in [0.1, 0.15) is 11.1 Å². The molecule has 3 aromatic carbocycles. The summed E-state index contributed by atoms with van der Waals surface area (Å²) in [5, 5.41) is 4.64. The fourth-order valence-corrected chi connectivity index (χ4v) is 3.01. The largest absolute Gasteiger partial charge is 0.438 e. The van der Waals surface area contributed by atoms with Crippen LogP contribution in [0.5, 0.6) is 11.6 Å². The van der Waals surface area contributed by atoms with E-state index >= 15 is 0 Å². The summed E-state index contributed by atoms with van der Waals surface area (Å²) in [6.07, 6.45) is 1.81. The lowest BCUT2D eigenvalue weighted by Crippen LogP contribution is -1.92. The van der Waals surface area contributed by atoms with Crippen LogP contribution in [0, 0.1) is 13.8 Å². The smallest absolute Gasteiger partial charge is 0.227 e. The number of nitrogens with zero attached hydrogens (tertiary/aromatic N) is 1. The molecule has 0 saturated heterocycles. The van der Waals surface area contributed by atoms with Crippen molar-refractivity contribution < 1.29 is 4.74 Å². The van der Waals surface area contributed by atoms with E-state index < -0.39 is 0 Å². The van der Waals surface area contributed by atoms with E-state index in [9.17, 15) is 0 Å². The molecule has 0 aliphatic heterocycles. The molecule has 112 valence electrons. The fraction of sp³-hybridized carbons (Fsp3) is 0.0952. The van der Waals surface area contributed by atoms with E-state index in [-0.39, 0.29) is 0 Å². The van der Waals surface area contributed by atoms with Gasteiger partial charge in [-0.25, -0.2) is 4.98 Å². The van der Waals surface area contributed by atoms with Gasteiger partial charge in [-0.1, -0.05) is 48.0 Å². The number of aryl methyl sites for hydroxylation is 2. The predicted molar refractivity (Wildman–Crippen MR) is 95.2 cm³/mol. The molecule has 0 bridgehead atoms. The summed E-state index contributed by atoms with van der Waals surface area (Å²) in [4.78, 5) is 4.45. The van der Waals surface area contributed by atoms with Gasteiger partial charge in [-0.3, -0.25) is 0 Å². The van der Waals surface area contributed by atoms with E-state index in [1.807, 2.05) is 18.3 Å². The lowest BCUT2D eigenvalue weighted by molar-refractivity contribution is 0.465. The molecule has 0 fully saturated rings. The Morgan fingerprint density at radius 3 is 2.52 bits per heavy atom. The van der Waals surface area contributed by atoms with Crippen molar-refractivity contribution in [3.63, 3.8) is 0 Å². The van der Waals surface area contributed by atoms with E-state index in [1.54, 1.807) is 0 Å². The van der Waals surface area contributed by atoms with Crippen molar-refractivity contribution in [2.24, 2.45) is 0 Å². The van der Waals surface area contributed by atoms with E-state index in [4.69, 9.17) is 4.74 Å². The summed E-state index contributed by atoms with van der Waals surface area (Å²) in [6.45, 7) is 4.14. The fourth-order valence-electron chi connectivity index (χ4n) is 3.01. The lowest BCUT2D eigenvalue weighted by atomic mass is 10.0. The van der Waals surface area contributed by atoms with Crippen LogP contribution in [0.25, 0.3) is 21.5 Å². The summed E-state index contributed by atoms with van der Waals surface area (Å²) < 4.78 is 6.12. The molecule has 2 nitrogen and oxygen atoms in total. The van der Waals surface area contributed by atoms with Crippen molar-refractivity contribution in [1.29, 1.82) is 0 Å². The SMILES string of the molecule is Cc1ccc(Oc2nccc3c2ccc2ccccc23)c(C)c1. The minimum absolute atomic E-state index is 0.653. The Morgan fingerprint density at radius 1 is 0.783 bits per heavy atom. The number of pyridine rings is 1. The maximum atomic E-state index is 6.12. The number of fused-ring (bicyclic) bond motifs is 3. The van der Waals surface area contributed by atoms with Crippen LogP contribution >= 0.6 is 0 Å². The van der Waals surface area contributed by atoms with Crippen LogP contribution in [-0.4, -0.2) is 4.98 Å². The summed E-state index contributed by atoms with van der Waals surface area (Å²) in [5.41, 5.74) is 2.34. The Morgan fingerprint density at radius 2 is 1.65 bits per heavy atom. The molecule has 4 rings (SSSR count). The van der Waals surface area contributed by atoms with Crippen molar-refractivity contribution in [3.8, 4) is 11.6 Å². The second-order valence-corrected chi connectivity index (χ2v) is 5.87.